The maximum atomic E-state index is 2.39. The molecule has 0 aromatic rings. The minimum absolute atomic E-state index is 1.17. The van der Waals surface area contributed by atoms with Gasteiger partial charge in [0.1, 0.15) is 0 Å². The van der Waals surface area contributed by atoms with E-state index in [1.54, 1.807) is 0 Å². The molecule has 0 saturated heterocycles. The van der Waals surface area contributed by atoms with E-state index in [0.717, 1.165) is 0 Å². The van der Waals surface area contributed by atoms with Gasteiger partial charge in [-0.1, -0.05) is 13.8 Å². The second-order valence-electron chi connectivity index (χ2n) is 1.72. The summed E-state index contributed by atoms with van der Waals surface area (Å²) in [7, 11) is 0. The average Bonchev–Trinajstić information content (AvgIpc) is 1.83. The molecule has 0 unspecified atom stereocenters. The second kappa shape index (κ2) is 5.45. The minimum atomic E-state index is 1.17. The first-order chi connectivity index (χ1) is 3.85. The lowest BCUT2D eigenvalue weighted by Gasteiger charge is -2.15. The normalized spacial score (nSPS) is 10.5. The molecule has 0 radical (unpaired) electrons. The monoisotopic (exact) mass is 133 g/mol. The van der Waals surface area contributed by atoms with Crippen LogP contribution in [0.2, 0.25) is 0 Å². The predicted molar refractivity (Wildman–Crippen MR) is 41.3 cm³/mol. The molecule has 0 spiro atoms. The van der Waals surface area contributed by atoms with Crippen LogP contribution in [0.1, 0.15) is 13.8 Å². The van der Waals surface area contributed by atoms with Crippen LogP contribution in [-0.4, -0.2) is 30.1 Å². The molecule has 0 heterocycles. The van der Waals surface area contributed by atoms with Gasteiger partial charge in [0.2, 0.25) is 0 Å². The molecule has 0 N–H and O–H groups in total. The first-order valence-corrected chi connectivity index (χ1v) is 4.45. The summed E-state index contributed by atoms with van der Waals surface area (Å²) in [5, 5.41) is 0. The fourth-order valence-corrected chi connectivity index (χ4v) is 1.32. The van der Waals surface area contributed by atoms with Crippen molar-refractivity contribution in [3.63, 3.8) is 0 Å². The SMILES string of the molecule is CCN(CC)CSC. The third kappa shape index (κ3) is 3.33. The zero-order chi connectivity index (χ0) is 6.41. The van der Waals surface area contributed by atoms with Crippen LogP contribution in [0.15, 0.2) is 0 Å². The average molecular weight is 133 g/mol. The molecule has 8 heavy (non-hydrogen) atoms. The Hall–Kier alpha value is 0.310. The van der Waals surface area contributed by atoms with Gasteiger partial charge in [-0.2, -0.15) is 0 Å². The fourth-order valence-electron chi connectivity index (χ4n) is 0.589. The van der Waals surface area contributed by atoms with Crippen molar-refractivity contribution in [3.05, 3.63) is 0 Å². The van der Waals surface area contributed by atoms with Crippen LogP contribution in [0.4, 0.5) is 0 Å². The van der Waals surface area contributed by atoms with Crippen LogP contribution in [0, 0.1) is 0 Å². The Morgan fingerprint density at radius 2 is 1.75 bits per heavy atom. The maximum Gasteiger partial charge on any atom is 0.0441 e. The standard InChI is InChI=1S/C6H15NS/c1-4-7(5-2)6-8-3/h4-6H2,1-3H3. The quantitative estimate of drug-likeness (QED) is 0.536. The van der Waals surface area contributed by atoms with E-state index in [4.69, 9.17) is 0 Å². The van der Waals surface area contributed by atoms with Crippen LogP contribution < -0.4 is 0 Å². The summed E-state index contributed by atoms with van der Waals surface area (Å²) in [5.74, 6) is 1.17. The van der Waals surface area contributed by atoms with Gasteiger partial charge >= 0.3 is 0 Å². The molecule has 0 aromatic carbocycles. The molecular formula is C6H15NS. The molecular weight excluding hydrogens is 118 g/mol. The highest BCUT2D eigenvalue weighted by Gasteiger charge is 1.93. The first-order valence-electron chi connectivity index (χ1n) is 3.06. The lowest BCUT2D eigenvalue weighted by Crippen LogP contribution is -2.21. The van der Waals surface area contributed by atoms with E-state index < -0.39 is 0 Å². The smallest absolute Gasteiger partial charge is 0.0441 e. The zero-order valence-corrected chi connectivity index (χ0v) is 6.79. The molecule has 0 rings (SSSR count). The van der Waals surface area contributed by atoms with Crippen LogP contribution in [0.3, 0.4) is 0 Å². The molecule has 0 amide bonds. The van der Waals surface area contributed by atoms with Crippen molar-refractivity contribution in [1.29, 1.82) is 0 Å². The van der Waals surface area contributed by atoms with Crippen LogP contribution in [-0.2, 0) is 0 Å². The van der Waals surface area contributed by atoms with Gasteiger partial charge in [0.05, 0.1) is 0 Å². The number of nitrogens with zero attached hydrogens (tertiary/aromatic N) is 1. The Kier molecular flexibility index (Phi) is 5.66. The van der Waals surface area contributed by atoms with Gasteiger partial charge in [0.15, 0.2) is 0 Å². The third-order valence-corrected chi connectivity index (χ3v) is 1.83. The highest BCUT2D eigenvalue weighted by Crippen LogP contribution is 1.96. The Morgan fingerprint density at radius 1 is 1.25 bits per heavy atom. The molecule has 0 aliphatic heterocycles. The summed E-state index contributed by atoms with van der Waals surface area (Å²) in [5.41, 5.74) is 0. The number of hydrogen-bond donors (Lipinski definition) is 0. The Morgan fingerprint density at radius 3 is 1.88 bits per heavy atom. The van der Waals surface area contributed by atoms with E-state index in [1.807, 2.05) is 11.8 Å². The molecule has 0 aliphatic rings. The number of rotatable bonds is 4. The van der Waals surface area contributed by atoms with Gasteiger partial charge in [-0.3, -0.25) is 4.90 Å². The summed E-state index contributed by atoms with van der Waals surface area (Å²) in [4.78, 5) is 2.39. The van der Waals surface area contributed by atoms with Crippen molar-refractivity contribution in [2.45, 2.75) is 13.8 Å². The van der Waals surface area contributed by atoms with E-state index in [0.29, 0.717) is 0 Å². The molecule has 0 aromatic heterocycles. The van der Waals surface area contributed by atoms with Crippen molar-refractivity contribution < 1.29 is 0 Å². The van der Waals surface area contributed by atoms with Gasteiger partial charge in [0, 0.05) is 5.88 Å². The van der Waals surface area contributed by atoms with E-state index in [-0.39, 0.29) is 0 Å². The van der Waals surface area contributed by atoms with Crippen molar-refractivity contribution in [3.8, 4) is 0 Å². The molecule has 0 saturated carbocycles. The predicted octanol–water partition coefficient (Wildman–Crippen LogP) is 1.65. The van der Waals surface area contributed by atoms with Gasteiger partial charge in [-0.25, -0.2) is 0 Å². The highest BCUT2D eigenvalue weighted by molar-refractivity contribution is 7.98. The lowest BCUT2D eigenvalue weighted by atomic mass is 10.6. The molecule has 0 bridgehead atoms. The fraction of sp³-hybridized carbons (Fsp3) is 1.00. The van der Waals surface area contributed by atoms with Crippen LogP contribution >= 0.6 is 11.8 Å². The minimum Gasteiger partial charge on any atom is -0.295 e. The Labute approximate surface area is 56.4 Å². The van der Waals surface area contributed by atoms with Gasteiger partial charge in [-0.05, 0) is 19.3 Å². The first kappa shape index (κ1) is 8.31. The maximum absolute atomic E-state index is 2.39. The van der Waals surface area contributed by atoms with Crippen molar-refractivity contribution >= 4 is 11.8 Å². The van der Waals surface area contributed by atoms with E-state index in [1.165, 1.54) is 19.0 Å². The Bertz CT molecular complexity index is 43.8. The van der Waals surface area contributed by atoms with E-state index in [9.17, 15) is 0 Å². The highest BCUT2D eigenvalue weighted by atomic mass is 32.2. The van der Waals surface area contributed by atoms with Crippen molar-refractivity contribution in [2.24, 2.45) is 0 Å². The zero-order valence-electron chi connectivity index (χ0n) is 5.98. The second-order valence-corrected chi connectivity index (χ2v) is 2.56. The van der Waals surface area contributed by atoms with Crippen molar-refractivity contribution in [2.75, 3.05) is 25.2 Å². The molecule has 2 heteroatoms. The summed E-state index contributed by atoms with van der Waals surface area (Å²) in [6.07, 6.45) is 2.14. The van der Waals surface area contributed by atoms with Gasteiger partial charge in [0.25, 0.3) is 0 Å². The topological polar surface area (TPSA) is 3.24 Å². The summed E-state index contributed by atoms with van der Waals surface area (Å²) in [6.45, 7) is 6.74. The van der Waals surface area contributed by atoms with Gasteiger partial charge < -0.3 is 0 Å². The van der Waals surface area contributed by atoms with Crippen LogP contribution in [0.5, 0.6) is 0 Å². The van der Waals surface area contributed by atoms with Crippen molar-refractivity contribution in [1.82, 2.24) is 4.90 Å². The lowest BCUT2D eigenvalue weighted by molar-refractivity contribution is 0.359. The number of hydrogen-bond acceptors (Lipinski definition) is 2. The van der Waals surface area contributed by atoms with Crippen LogP contribution in [0.25, 0.3) is 0 Å². The number of thioether (sulfide) groups is 1. The van der Waals surface area contributed by atoms with E-state index >= 15 is 0 Å². The summed E-state index contributed by atoms with van der Waals surface area (Å²) < 4.78 is 0. The molecule has 0 atom stereocenters. The van der Waals surface area contributed by atoms with Gasteiger partial charge in [-0.15, -0.1) is 11.8 Å². The third-order valence-electron chi connectivity index (χ3n) is 1.21. The molecule has 0 aliphatic carbocycles. The Balaban J connectivity index is 3.07. The molecule has 1 nitrogen and oxygen atoms in total. The summed E-state index contributed by atoms with van der Waals surface area (Å²) in [6, 6.07) is 0. The van der Waals surface area contributed by atoms with E-state index in [2.05, 4.69) is 25.0 Å². The largest absolute Gasteiger partial charge is 0.295 e. The molecule has 50 valence electrons. The summed E-state index contributed by atoms with van der Waals surface area (Å²) >= 11 is 1.88. The molecule has 0 fully saturated rings.